The summed E-state index contributed by atoms with van der Waals surface area (Å²) in [5.41, 5.74) is 5.71. The van der Waals surface area contributed by atoms with Crippen molar-refractivity contribution in [2.24, 2.45) is 5.41 Å². The molecule has 1 aliphatic heterocycles. The summed E-state index contributed by atoms with van der Waals surface area (Å²) in [4.78, 5) is 0. The van der Waals surface area contributed by atoms with E-state index in [1.165, 1.54) is 116 Å². The van der Waals surface area contributed by atoms with Crippen molar-refractivity contribution in [2.75, 3.05) is 26.4 Å². The molecule has 4 nitrogen and oxygen atoms in total. The molecule has 1 aliphatic rings. The third-order valence-corrected chi connectivity index (χ3v) is 10.8. The average Bonchev–Trinajstić information content (AvgIpc) is 3.21. The first-order valence-corrected chi connectivity index (χ1v) is 22.6. The van der Waals surface area contributed by atoms with E-state index in [2.05, 4.69) is 119 Å². The van der Waals surface area contributed by atoms with Gasteiger partial charge in [0.2, 0.25) is 0 Å². The van der Waals surface area contributed by atoms with Crippen LogP contribution in [0, 0.1) is 5.41 Å². The van der Waals surface area contributed by atoms with E-state index in [1.54, 1.807) is 0 Å². The maximum Gasteiger partial charge on any atom is 0.183 e. The molecular weight excluding hydrogens is 689 g/mol. The summed E-state index contributed by atoms with van der Waals surface area (Å²) < 4.78 is 24.5. The third kappa shape index (κ3) is 19.2. The van der Waals surface area contributed by atoms with Crippen LogP contribution in [0.5, 0.6) is 11.5 Å². The lowest BCUT2D eigenvalue weighted by atomic mass is 9.95. The van der Waals surface area contributed by atoms with Gasteiger partial charge in [0.15, 0.2) is 6.29 Å². The lowest BCUT2D eigenvalue weighted by Crippen LogP contribution is -2.33. The normalized spacial score (nSPS) is 14.6. The number of ether oxygens (including phenoxy) is 4. The number of unbranched alkanes of at least 4 members (excludes halogenated alkanes) is 18. The third-order valence-electron chi connectivity index (χ3n) is 10.8. The number of benzene rings is 3. The minimum Gasteiger partial charge on any atom is -0.493 e. The fourth-order valence-electron chi connectivity index (χ4n) is 7.17. The molecule has 308 valence electrons. The monoisotopic (exact) mass is 765 g/mol. The van der Waals surface area contributed by atoms with Gasteiger partial charge in [0.05, 0.1) is 26.4 Å². The summed E-state index contributed by atoms with van der Waals surface area (Å²) in [7, 11) is 0. The second kappa shape index (κ2) is 27.3. The van der Waals surface area contributed by atoms with Crippen molar-refractivity contribution in [1.29, 1.82) is 0 Å². The lowest BCUT2D eigenvalue weighted by molar-refractivity contribution is -0.226. The Balaban J connectivity index is 1.25. The first-order valence-electron chi connectivity index (χ1n) is 22.6. The topological polar surface area (TPSA) is 36.9 Å². The lowest BCUT2D eigenvalue weighted by Gasteiger charge is -2.34. The highest BCUT2D eigenvalue weighted by atomic mass is 16.7. The molecule has 0 bridgehead atoms. The van der Waals surface area contributed by atoms with Crippen LogP contribution in [-0.4, -0.2) is 26.4 Å². The maximum atomic E-state index is 6.31. The van der Waals surface area contributed by atoms with E-state index in [1.807, 2.05) is 0 Å². The van der Waals surface area contributed by atoms with Gasteiger partial charge in [-0.3, -0.25) is 0 Å². The number of rotatable bonds is 29. The Bertz CT molecular complexity index is 1450. The number of hydrogen-bond acceptors (Lipinski definition) is 4. The van der Waals surface area contributed by atoms with Crippen molar-refractivity contribution < 1.29 is 18.9 Å². The zero-order chi connectivity index (χ0) is 39.5. The zero-order valence-corrected chi connectivity index (χ0v) is 35.8. The van der Waals surface area contributed by atoms with Crippen LogP contribution in [0.15, 0.2) is 66.7 Å². The molecule has 1 saturated heterocycles. The quantitative estimate of drug-likeness (QED) is 0.0521. The Morgan fingerprint density at radius 3 is 1.20 bits per heavy atom. The molecule has 4 rings (SSSR count). The van der Waals surface area contributed by atoms with Crippen molar-refractivity contribution in [1.82, 2.24) is 0 Å². The Hall–Kier alpha value is -3.34. The number of hydrogen-bond donors (Lipinski definition) is 0. The Kier molecular flexibility index (Phi) is 22.1. The summed E-state index contributed by atoms with van der Waals surface area (Å²) in [6, 6.07) is 23.5. The second-order valence-electron chi connectivity index (χ2n) is 16.9. The van der Waals surface area contributed by atoms with E-state index in [-0.39, 0.29) is 11.7 Å². The summed E-state index contributed by atoms with van der Waals surface area (Å²) in [5, 5.41) is 0. The van der Waals surface area contributed by atoms with Gasteiger partial charge in [-0.05, 0) is 47.2 Å². The molecule has 0 radical (unpaired) electrons. The molecule has 0 amide bonds. The minimum atomic E-state index is -0.278. The van der Waals surface area contributed by atoms with E-state index in [0.29, 0.717) is 13.2 Å². The molecule has 0 aromatic heterocycles. The Morgan fingerprint density at radius 1 is 0.464 bits per heavy atom. The average molecular weight is 765 g/mol. The van der Waals surface area contributed by atoms with Crippen molar-refractivity contribution in [2.45, 2.75) is 162 Å². The largest absolute Gasteiger partial charge is 0.493 e. The SMILES string of the molecule is CCCCCCCCCCCCOc1cc(/C=C/c2ccc(/C=C/c3ccc(C4OCC(C)(C)CO4)cc3)cc2)cc(OCCCCCCCCCCCC)c1. The van der Waals surface area contributed by atoms with Crippen molar-refractivity contribution in [3.8, 4) is 11.5 Å². The van der Waals surface area contributed by atoms with Crippen LogP contribution in [0.25, 0.3) is 24.3 Å². The molecule has 0 atom stereocenters. The molecule has 0 N–H and O–H groups in total. The molecule has 3 aromatic rings. The minimum absolute atomic E-state index is 0.0700. The van der Waals surface area contributed by atoms with Gasteiger partial charge in [0, 0.05) is 17.0 Å². The Morgan fingerprint density at radius 2 is 0.804 bits per heavy atom. The molecule has 56 heavy (non-hydrogen) atoms. The van der Waals surface area contributed by atoms with E-state index in [0.717, 1.165) is 65.4 Å². The zero-order valence-electron chi connectivity index (χ0n) is 35.8. The first-order chi connectivity index (χ1) is 27.4. The molecule has 0 aliphatic carbocycles. The maximum absolute atomic E-state index is 6.31. The van der Waals surface area contributed by atoms with Gasteiger partial charge in [-0.1, -0.05) is 216 Å². The molecule has 0 unspecified atom stereocenters. The summed E-state index contributed by atoms with van der Waals surface area (Å²) in [5.74, 6) is 1.80. The second-order valence-corrected chi connectivity index (χ2v) is 16.9. The van der Waals surface area contributed by atoms with Crippen LogP contribution in [-0.2, 0) is 9.47 Å². The summed E-state index contributed by atoms with van der Waals surface area (Å²) in [6.45, 7) is 11.8. The summed E-state index contributed by atoms with van der Waals surface area (Å²) >= 11 is 0. The van der Waals surface area contributed by atoms with Crippen LogP contribution in [0.1, 0.15) is 190 Å². The van der Waals surface area contributed by atoms with E-state index in [9.17, 15) is 0 Å². The smallest absolute Gasteiger partial charge is 0.183 e. The Labute approximate surface area is 342 Å². The molecule has 1 heterocycles. The highest BCUT2D eigenvalue weighted by Crippen LogP contribution is 2.31. The molecule has 4 heteroatoms. The van der Waals surface area contributed by atoms with E-state index in [4.69, 9.17) is 18.9 Å². The van der Waals surface area contributed by atoms with Gasteiger partial charge in [-0.15, -0.1) is 0 Å². The fraction of sp³-hybridized carbons (Fsp3) is 0.577. The van der Waals surface area contributed by atoms with Crippen LogP contribution in [0.4, 0.5) is 0 Å². The van der Waals surface area contributed by atoms with Crippen LogP contribution in [0.3, 0.4) is 0 Å². The van der Waals surface area contributed by atoms with Gasteiger partial charge >= 0.3 is 0 Å². The van der Waals surface area contributed by atoms with Crippen molar-refractivity contribution >= 4 is 24.3 Å². The van der Waals surface area contributed by atoms with Gasteiger partial charge < -0.3 is 18.9 Å². The molecule has 3 aromatic carbocycles. The van der Waals surface area contributed by atoms with E-state index < -0.39 is 0 Å². The molecule has 0 saturated carbocycles. The van der Waals surface area contributed by atoms with E-state index >= 15 is 0 Å². The summed E-state index contributed by atoms with van der Waals surface area (Å²) in [6.07, 6.45) is 34.9. The predicted octanol–water partition coefficient (Wildman–Crippen LogP) is 15.7. The van der Waals surface area contributed by atoms with Gasteiger partial charge in [0.1, 0.15) is 11.5 Å². The van der Waals surface area contributed by atoms with Gasteiger partial charge in [0.25, 0.3) is 0 Å². The predicted molar refractivity (Wildman–Crippen MR) is 240 cm³/mol. The van der Waals surface area contributed by atoms with Gasteiger partial charge in [-0.25, -0.2) is 0 Å². The molecule has 0 spiro atoms. The van der Waals surface area contributed by atoms with Crippen LogP contribution < -0.4 is 9.47 Å². The first kappa shape index (κ1) is 45.4. The highest BCUT2D eigenvalue weighted by Gasteiger charge is 2.29. The highest BCUT2D eigenvalue weighted by molar-refractivity contribution is 5.73. The molecular formula is C52H76O4. The van der Waals surface area contributed by atoms with Crippen molar-refractivity contribution in [3.63, 3.8) is 0 Å². The fourth-order valence-corrected chi connectivity index (χ4v) is 7.17. The standard InChI is InChI=1S/C52H76O4/c1-5-7-9-11-13-15-17-19-21-23-37-53-49-39-47(40-50(41-49)54-38-24-22-20-18-16-14-12-10-8-6-2)32-31-45-27-25-44(26-28-45)29-30-46-33-35-48(36-34-46)51-55-42-52(3,4)43-56-51/h25-36,39-41,51H,5-24,37-38,42-43H2,1-4H3/b30-29+,32-31+. The van der Waals surface area contributed by atoms with Gasteiger partial charge in [-0.2, -0.15) is 0 Å². The van der Waals surface area contributed by atoms with Crippen LogP contribution >= 0.6 is 0 Å². The molecule has 1 fully saturated rings. The van der Waals surface area contributed by atoms with Crippen molar-refractivity contribution in [3.05, 3.63) is 94.5 Å². The van der Waals surface area contributed by atoms with Crippen LogP contribution in [0.2, 0.25) is 0 Å².